The monoisotopic (exact) mass is 227 g/mol. The van der Waals surface area contributed by atoms with Gasteiger partial charge in [0.25, 0.3) is 0 Å². The largest absolute Gasteiger partial charge is 0.478 e. The van der Waals surface area contributed by atoms with E-state index >= 15 is 0 Å². The summed E-state index contributed by atoms with van der Waals surface area (Å²) in [5.74, 6) is -0.924. The molecule has 17 heavy (non-hydrogen) atoms. The third kappa shape index (κ3) is 2.28. The van der Waals surface area contributed by atoms with E-state index in [4.69, 9.17) is 5.11 Å². The summed E-state index contributed by atoms with van der Waals surface area (Å²) in [5, 5.41) is 12.0. The Balaban J connectivity index is 2.51. The third-order valence-electron chi connectivity index (χ3n) is 2.63. The molecule has 0 aliphatic heterocycles. The average molecular weight is 227 g/mol. The first-order valence-corrected chi connectivity index (χ1v) is 5.33. The van der Waals surface area contributed by atoms with Crippen LogP contribution in [-0.4, -0.2) is 18.1 Å². The summed E-state index contributed by atoms with van der Waals surface area (Å²) in [4.78, 5) is 11.1. The highest BCUT2D eigenvalue weighted by molar-refractivity contribution is 5.95. The van der Waals surface area contributed by atoms with Gasteiger partial charge in [-0.3, -0.25) is 0 Å². The highest BCUT2D eigenvalue weighted by Gasteiger charge is 2.10. The van der Waals surface area contributed by atoms with Crippen LogP contribution in [0, 0.1) is 0 Å². The van der Waals surface area contributed by atoms with Gasteiger partial charge in [0.2, 0.25) is 0 Å². The van der Waals surface area contributed by atoms with Gasteiger partial charge in [-0.2, -0.15) is 0 Å². The fourth-order valence-electron chi connectivity index (χ4n) is 1.75. The van der Waals surface area contributed by atoms with Crippen molar-refractivity contribution in [3.05, 3.63) is 54.1 Å². The minimum absolute atomic E-state index is 0.286. The van der Waals surface area contributed by atoms with Crippen LogP contribution >= 0.6 is 0 Å². The normalized spacial score (nSPS) is 9.94. The van der Waals surface area contributed by atoms with Gasteiger partial charge in [0.05, 0.1) is 5.56 Å². The van der Waals surface area contributed by atoms with Crippen molar-refractivity contribution < 1.29 is 9.90 Å². The van der Waals surface area contributed by atoms with Crippen LogP contribution < -0.4 is 5.32 Å². The van der Waals surface area contributed by atoms with E-state index in [1.165, 1.54) is 0 Å². The minimum atomic E-state index is -0.924. The lowest BCUT2D eigenvalue weighted by atomic mass is 10.0. The summed E-state index contributed by atoms with van der Waals surface area (Å²) < 4.78 is 0. The second-order valence-corrected chi connectivity index (χ2v) is 3.68. The van der Waals surface area contributed by atoms with Gasteiger partial charge in [-0.15, -0.1) is 0 Å². The van der Waals surface area contributed by atoms with E-state index in [0.717, 1.165) is 11.1 Å². The first-order chi connectivity index (χ1) is 8.22. The molecule has 0 spiro atoms. The van der Waals surface area contributed by atoms with Gasteiger partial charge >= 0.3 is 5.97 Å². The zero-order valence-corrected chi connectivity index (χ0v) is 9.47. The summed E-state index contributed by atoms with van der Waals surface area (Å²) in [6.07, 6.45) is 0. The van der Waals surface area contributed by atoms with E-state index in [-0.39, 0.29) is 5.56 Å². The van der Waals surface area contributed by atoms with Crippen molar-refractivity contribution in [1.29, 1.82) is 0 Å². The molecule has 3 nitrogen and oxygen atoms in total. The first-order valence-electron chi connectivity index (χ1n) is 5.33. The lowest BCUT2D eigenvalue weighted by Gasteiger charge is -2.08. The van der Waals surface area contributed by atoms with Crippen molar-refractivity contribution in [2.75, 3.05) is 12.4 Å². The molecule has 0 atom stereocenters. The lowest BCUT2D eigenvalue weighted by Crippen LogP contribution is -2.02. The number of benzene rings is 2. The van der Waals surface area contributed by atoms with Gasteiger partial charge in [-0.05, 0) is 23.3 Å². The van der Waals surface area contributed by atoms with E-state index in [1.54, 1.807) is 19.2 Å². The Labute approximate surface area is 99.7 Å². The highest BCUT2D eigenvalue weighted by atomic mass is 16.4. The lowest BCUT2D eigenvalue weighted by molar-refractivity contribution is 0.0698. The maximum Gasteiger partial charge on any atom is 0.337 e. The smallest absolute Gasteiger partial charge is 0.337 e. The van der Waals surface area contributed by atoms with Crippen LogP contribution in [0.25, 0.3) is 11.1 Å². The molecular weight excluding hydrogens is 214 g/mol. The topological polar surface area (TPSA) is 49.3 Å². The van der Waals surface area contributed by atoms with Crippen LogP contribution in [0.15, 0.2) is 48.5 Å². The standard InChI is InChI=1S/C14H13NO2/c1-15-13-8-7-11(9-12(13)14(16)17)10-5-3-2-4-6-10/h2-9,15H,1H3,(H,16,17). The maximum absolute atomic E-state index is 11.1. The zero-order valence-electron chi connectivity index (χ0n) is 9.47. The SMILES string of the molecule is CNc1ccc(-c2ccccc2)cc1C(=O)O. The number of rotatable bonds is 3. The molecule has 0 amide bonds. The molecule has 0 bridgehead atoms. The zero-order chi connectivity index (χ0) is 12.3. The molecule has 0 heterocycles. The third-order valence-corrected chi connectivity index (χ3v) is 2.63. The molecule has 0 aromatic heterocycles. The average Bonchev–Trinajstić information content (AvgIpc) is 2.39. The van der Waals surface area contributed by atoms with E-state index < -0.39 is 5.97 Å². The van der Waals surface area contributed by atoms with Gasteiger partial charge in [0, 0.05) is 12.7 Å². The fraction of sp³-hybridized carbons (Fsp3) is 0.0714. The molecule has 0 fully saturated rings. The highest BCUT2D eigenvalue weighted by Crippen LogP contribution is 2.24. The van der Waals surface area contributed by atoms with E-state index in [1.807, 2.05) is 36.4 Å². The fourth-order valence-corrected chi connectivity index (χ4v) is 1.75. The number of nitrogens with one attached hydrogen (secondary N) is 1. The molecule has 0 aliphatic carbocycles. The van der Waals surface area contributed by atoms with Gasteiger partial charge < -0.3 is 10.4 Å². The Kier molecular flexibility index (Phi) is 3.10. The molecule has 0 saturated heterocycles. The van der Waals surface area contributed by atoms with Gasteiger partial charge in [0.1, 0.15) is 0 Å². The molecule has 0 radical (unpaired) electrons. The molecule has 3 heteroatoms. The Morgan fingerprint density at radius 3 is 2.35 bits per heavy atom. The molecule has 86 valence electrons. The summed E-state index contributed by atoms with van der Waals surface area (Å²) in [6.45, 7) is 0. The van der Waals surface area contributed by atoms with E-state index in [2.05, 4.69) is 5.32 Å². The van der Waals surface area contributed by atoms with Crippen LogP contribution in [0.5, 0.6) is 0 Å². The Morgan fingerprint density at radius 2 is 1.76 bits per heavy atom. The number of hydrogen-bond acceptors (Lipinski definition) is 2. The van der Waals surface area contributed by atoms with Crippen LogP contribution in [0.1, 0.15) is 10.4 Å². The Morgan fingerprint density at radius 1 is 1.06 bits per heavy atom. The molecule has 0 aliphatic rings. The second kappa shape index (κ2) is 4.70. The summed E-state index contributed by atoms with van der Waals surface area (Å²) in [6, 6.07) is 15.1. The molecule has 2 N–H and O–H groups in total. The molecular formula is C14H13NO2. The van der Waals surface area contributed by atoms with Crippen molar-refractivity contribution in [1.82, 2.24) is 0 Å². The molecule has 2 aromatic rings. The molecule has 0 saturated carbocycles. The quantitative estimate of drug-likeness (QED) is 0.847. The van der Waals surface area contributed by atoms with Gasteiger partial charge in [0.15, 0.2) is 0 Å². The summed E-state index contributed by atoms with van der Waals surface area (Å²) >= 11 is 0. The van der Waals surface area contributed by atoms with Crippen molar-refractivity contribution in [3.63, 3.8) is 0 Å². The van der Waals surface area contributed by atoms with Crippen molar-refractivity contribution in [2.45, 2.75) is 0 Å². The number of carbonyl (C=O) groups is 1. The molecule has 2 aromatic carbocycles. The van der Waals surface area contributed by atoms with Crippen molar-refractivity contribution >= 4 is 11.7 Å². The van der Waals surface area contributed by atoms with Crippen LogP contribution in [-0.2, 0) is 0 Å². The van der Waals surface area contributed by atoms with Gasteiger partial charge in [-0.25, -0.2) is 4.79 Å². The van der Waals surface area contributed by atoms with Crippen LogP contribution in [0.2, 0.25) is 0 Å². The minimum Gasteiger partial charge on any atom is -0.478 e. The van der Waals surface area contributed by atoms with Crippen molar-refractivity contribution in [2.24, 2.45) is 0 Å². The molecule has 2 rings (SSSR count). The molecule has 0 unspecified atom stereocenters. The van der Waals surface area contributed by atoms with Crippen LogP contribution in [0.3, 0.4) is 0 Å². The van der Waals surface area contributed by atoms with Crippen LogP contribution in [0.4, 0.5) is 5.69 Å². The number of aromatic carboxylic acids is 1. The van der Waals surface area contributed by atoms with E-state index in [0.29, 0.717) is 5.69 Å². The van der Waals surface area contributed by atoms with Gasteiger partial charge in [-0.1, -0.05) is 36.4 Å². The summed E-state index contributed by atoms with van der Waals surface area (Å²) in [5.41, 5.74) is 2.82. The number of hydrogen-bond donors (Lipinski definition) is 2. The number of anilines is 1. The Bertz CT molecular complexity index is 535. The Hall–Kier alpha value is -2.29. The number of carboxylic acid groups (broad SMARTS) is 1. The second-order valence-electron chi connectivity index (χ2n) is 3.68. The predicted molar refractivity (Wildman–Crippen MR) is 68.4 cm³/mol. The van der Waals surface area contributed by atoms with Crippen molar-refractivity contribution in [3.8, 4) is 11.1 Å². The van der Waals surface area contributed by atoms with E-state index in [9.17, 15) is 4.79 Å². The summed E-state index contributed by atoms with van der Waals surface area (Å²) in [7, 11) is 1.71. The first kappa shape index (κ1) is 11.2. The number of carboxylic acids is 1. The maximum atomic E-state index is 11.1. The predicted octanol–water partition coefficient (Wildman–Crippen LogP) is 3.09.